The number of nitrogens with zero attached hydrogens (tertiary/aromatic N) is 1. The lowest BCUT2D eigenvalue weighted by Crippen LogP contribution is -2.24. The Hall–Kier alpha value is -1.40. The fourth-order valence-corrected chi connectivity index (χ4v) is 2.51. The van der Waals surface area contributed by atoms with Crippen LogP contribution in [0.25, 0.3) is 0 Å². The van der Waals surface area contributed by atoms with Crippen LogP contribution in [-0.2, 0) is 4.79 Å². The number of anilines is 1. The van der Waals surface area contributed by atoms with Gasteiger partial charge in [-0.1, -0.05) is 12.1 Å². The Morgan fingerprint density at radius 2 is 2.25 bits per heavy atom. The summed E-state index contributed by atoms with van der Waals surface area (Å²) < 4.78 is 0. The zero-order chi connectivity index (χ0) is 11.5. The van der Waals surface area contributed by atoms with E-state index in [2.05, 4.69) is 5.92 Å². The Bertz CT molecular complexity index is 449. The van der Waals surface area contributed by atoms with Crippen molar-refractivity contribution in [3.63, 3.8) is 0 Å². The molecule has 2 nitrogen and oxygen atoms in total. The molecule has 0 bridgehead atoms. The lowest BCUT2D eigenvalue weighted by atomic mass is 10.1. The molecule has 1 aliphatic heterocycles. The van der Waals surface area contributed by atoms with Crippen LogP contribution in [-0.4, -0.2) is 18.7 Å². The van der Waals surface area contributed by atoms with E-state index in [1.165, 1.54) is 0 Å². The van der Waals surface area contributed by atoms with E-state index in [0.29, 0.717) is 13.0 Å². The van der Waals surface area contributed by atoms with Crippen LogP contribution >= 0.6 is 11.8 Å². The van der Waals surface area contributed by atoms with E-state index in [4.69, 9.17) is 6.42 Å². The molecule has 1 saturated heterocycles. The van der Waals surface area contributed by atoms with Crippen molar-refractivity contribution in [3.8, 4) is 12.3 Å². The monoisotopic (exact) mass is 231 g/mol. The Morgan fingerprint density at radius 1 is 1.50 bits per heavy atom. The molecule has 0 spiro atoms. The zero-order valence-corrected chi connectivity index (χ0v) is 9.96. The summed E-state index contributed by atoms with van der Waals surface area (Å²) in [4.78, 5) is 14.8. The topological polar surface area (TPSA) is 20.3 Å². The third-order valence-corrected chi connectivity index (χ3v) is 3.52. The summed E-state index contributed by atoms with van der Waals surface area (Å²) >= 11 is 1.65. The first-order valence-electron chi connectivity index (χ1n) is 5.15. The van der Waals surface area contributed by atoms with Gasteiger partial charge in [-0.15, -0.1) is 24.1 Å². The van der Waals surface area contributed by atoms with Crippen molar-refractivity contribution < 1.29 is 4.79 Å². The molecule has 0 N–H and O–H groups in total. The van der Waals surface area contributed by atoms with E-state index in [-0.39, 0.29) is 11.8 Å². The number of benzene rings is 1. The first kappa shape index (κ1) is 11.1. The third-order valence-electron chi connectivity index (χ3n) is 2.74. The fourth-order valence-electron chi connectivity index (χ4n) is 1.90. The van der Waals surface area contributed by atoms with Gasteiger partial charge in [0.25, 0.3) is 0 Å². The molecule has 1 aromatic rings. The van der Waals surface area contributed by atoms with Crippen molar-refractivity contribution in [1.82, 2.24) is 0 Å². The van der Waals surface area contributed by atoms with Crippen LogP contribution in [0.15, 0.2) is 29.2 Å². The minimum absolute atomic E-state index is 0.0578. The molecule has 0 aromatic heterocycles. The van der Waals surface area contributed by atoms with Crippen LogP contribution < -0.4 is 4.90 Å². The van der Waals surface area contributed by atoms with E-state index < -0.39 is 0 Å². The molecule has 1 atom stereocenters. The summed E-state index contributed by atoms with van der Waals surface area (Å²) in [7, 11) is 0. The highest BCUT2D eigenvalue weighted by Crippen LogP contribution is 2.32. The summed E-state index contributed by atoms with van der Waals surface area (Å²) in [6.45, 7) is 0.646. The van der Waals surface area contributed by atoms with Crippen LogP contribution in [0.3, 0.4) is 0 Å². The summed E-state index contributed by atoms with van der Waals surface area (Å²) in [5, 5.41) is 0. The molecule has 1 aromatic carbocycles. The van der Waals surface area contributed by atoms with Gasteiger partial charge in [0.2, 0.25) is 5.91 Å². The Labute approximate surface area is 100 Å². The van der Waals surface area contributed by atoms with E-state index in [1.54, 1.807) is 16.7 Å². The van der Waals surface area contributed by atoms with Gasteiger partial charge in [0.15, 0.2) is 0 Å². The molecular weight excluding hydrogens is 218 g/mol. The van der Waals surface area contributed by atoms with Gasteiger partial charge in [0, 0.05) is 23.8 Å². The van der Waals surface area contributed by atoms with Gasteiger partial charge in [-0.2, -0.15) is 0 Å². The van der Waals surface area contributed by atoms with Gasteiger partial charge >= 0.3 is 0 Å². The summed E-state index contributed by atoms with van der Waals surface area (Å²) in [5.74, 6) is 2.85. The number of carbonyl (C=O) groups is 1. The minimum atomic E-state index is 0.0578. The van der Waals surface area contributed by atoms with Crippen molar-refractivity contribution in [2.75, 3.05) is 17.7 Å². The highest BCUT2D eigenvalue weighted by molar-refractivity contribution is 7.98. The summed E-state index contributed by atoms with van der Waals surface area (Å²) in [6, 6.07) is 7.93. The van der Waals surface area contributed by atoms with Crippen LogP contribution in [0.1, 0.15) is 6.42 Å². The fraction of sp³-hybridized carbons (Fsp3) is 0.308. The number of thioether (sulfide) groups is 1. The van der Waals surface area contributed by atoms with Gasteiger partial charge in [0.1, 0.15) is 0 Å². The molecule has 1 fully saturated rings. The van der Waals surface area contributed by atoms with E-state index >= 15 is 0 Å². The second-order valence-corrected chi connectivity index (χ2v) is 4.59. The quantitative estimate of drug-likeness (QED) is 0.575. The highest BCUT2D eigenvalue weighted by atomic mass is 32.2. The van der Waals surface area contributed by atoms with Gasteiger partial charge in [0.05, 0.1) is 5.69 Å². The zero-order valence-electron chi connectivity index (χ0n) is 9.14. The molecule has 16 heavy (non-hydrogen) atoms. The largest absolute Gasteiger partial charge is 0.310 e. The maximum absolute atomic E-state index is 11.8. The molecule has 0 aliphatic carbocycles. The van der Waals surface area contributed by atoms with Crippen molar-refractivity contribution in [2.24, 2.45) is 5.92 Å². The first-order chi connectivity index (χ1) is 7.76. The highest BCUT2D eigenvalue weighted by Gasteiger charge is 2.30. The molecule has 1 aliphatic rings. The van der Waals surface area contributed by atoms with Crippen LogP contribution in [0.5, 0.6) is 0 Å². The van der Waals surface area contributed by atoms with Crippen LogP contribution in [0.4, 0.5) is 5.69 Å². The van der Waals surface area contributed by atoms with Crippen molar-refractivity contribution in [1.29, 1.82) is 0 Å². The van der Waals surface area contributed by atoms with Crippen LogP contribution in [0.2, 0.25) is 0 Å². The SMILES string of the molecule is C#CC1CC(=O)N(c2ccccc2SC)C1. The minimum Gasteiger partial charge on any atom is -0.310 e. The number of hydrogen-bond acceptors (Lipinski definition) is 2. The Kier molecular flexibility index (Phi) is 3.21. The predicted octanol–water partition coefficient (Wildman–Crippen LogP) is 2.39. The standard InChI is InChI=1S/C13H13NOS/c1-3-10-8-13(15)14(9-10)11-6-4-5-7-12(11)16-2/h1,4-7,10H,8-9H2,2H3. The molecule has 1 amide bonds. The van der Waals surface area contributed by atoms with Gasteiger partial charge < -0.3 is 4.90 Å². The average Bonchev–Trinajstić information content (AvgIpc) is 2.70. The number of rotatable bonds is 2. The summed E-state index contributed by atoms with van der Waals surface area (Å²) in [5.41, 5.74) is 0.984. The molecule has 1 unspecified atom stereocenters. The van der Waals surface area contributed by atoms with Gasteiger partial charge in [-0.3, -0.25) is 4.79 Å². The van der Waals surface area contributed by atoms with Crippen molar-refractivity contribution in [2.45, 2.75) is 11.3 Å². The number of hydrogen-bond donors (Lipinski definition) is 0. The maximum atomic E-state index is 11.8. The van der Waals surface area contributed by atoms with Crippen molar-refractivity contribution >= 4 is 23.4 Å². The molecule has 3 heteroatoms. The van der Waals surface area contributed by atoms with Crippen LogP contribution in [0, 0.1) is 18.3 Å². The smallest absolute Gasteiger partial charge is 0.228 e. The molecule has 82 valence electrons. The van der Waals surface area contributed by atoms with E-state index in [9.17, 15) is 4.79 Å². The second-order valence-electron chi connectivity index (χ2n) is 3.74. The van der Waals surface area contributed by atoms with Gasteiger partial charge in [-0.25, -0.2) is 0 Å². The molecule has 0 saturated carbocycles. The molecule has 0 radical (unpaired) electrons. The third kappa shape index (κ3) is 1.94. The molecular formula is C13H13NOS. The lowest BCUT2D eigenvalue weighted by molar-refractivity contribution is -0.117. The number of terminal acetylenes is 1. The number of para-hydroxylation sites is 1. The normalized spacial score (nSPS) is 19.9. The molecule has 2 rings (SSSR count). The maximum Gasteiger partial charge on any atom is 0.228 e. The molecule has 1 heterocycles. The Balaban J connectivity index is 2.31. The second kappa shape index (κ2) is 4.63. The van der Waals surface area contributed by atoms with E-state index in [0.717, 1.165) is 10.6 Å². The van der Waals surface area contributed by atoms with Crippen molar-refractivity contribution in [3.05, 3.63) is 24.3 Å². The van der Waals surface area contributed by atoms with E-state index in [1.807, 2.05) is 30.5 Å². The lowest BCUT2D eigenvalue weighted by Gasteiger charge is -2.18. The average molecular weight is 231 g/mol. The Morgan fingerprint density at radius 3 is 2.88 bits per heavy atom. The predicted molar refractivity (Wildman–Crippen MR) is 67.5 cm³/mol. The first-order valence-corrected chi connectivity index (χ1v) is 6.38. The number of carbonyl (C=O) groups excluding carboxylic acids is 1. The number of amides is 1. The summed E-state index contributed by atoms with van der Waals surface area (Å²) in [6.07, 6.45) is 7.86. The van der Waals surface area contributed by atoms with Gasteiger partial charge in [-0.05, 0) is 18.4 Å².